The summed E-state index contributed by atoms with van der Waals surface area (Å²) in [4.78, 5) is 0. The van der Waals surface area contributed by atoms with Gasteiger partial charge in [0.05, 0.1) is 5.75 Å². The number of benzene rings is 1. The van der Waals surface area contributed by atoms with Gasteiger partial charge in [-0.15, -0.1) is 0 Å². The zero-order chi connectivity index (χ0) is 11.3. The summed E-state index contributed by atoms with van der Waals surface area (Å²) in [7, 11) is -1.51. The van der Waals surface area contributed by atoms with Crippen molar-refractivity contribution < 1.29 is 8.42 Å². The van der Waals surface area contributed by atoms with Crippen molar-refractivity contribution in [2.45, 2.75) is 0 Å². The summed E-state index contributed by atoms with van der Waals surface area (Å²) in [5.74, 6) is 0.0783. The maximum absolute atomic E-state index is 11.5. The maximum Gasteiger partial charge on any atom is 0.233 e. The molecule has 0 aromatic heterocycles. The first-order valence-electron chi connectivity index (χ1n) is 4.44. The van der Waals surface area contributed by atoms with Gasteiger partial charge in [-0.1, -0.05) is 6.07 Å². The molecule has 0 heterocycles. The quantitative estimate of drug-likeness (QED) is 0.794. The Kier molecular flexibility index (Phi) is 4.81. The molecule has 0 atom stereocenters. The highest BCUT2D eigenvalue weighted by atomic mass is 127. The third kappa shape index (κ3) is 4.80. The molecule has 4 nitrogen and oxygen atoms in total. The van der Waals surface area contributed by atoms with E-state index in [1.54, 1.807) is 19.2 Å². The minimum Gasteiger partial charge on any atom is -0.319 e. The Morgan fingerprint density at radius 1 is 1.40 bits per heavy atom. The lowest BCUT2D eigenvalue weighted by molar-refractivity contribution is 0.599. The predicted molar refractivity (Wildman–Crippen MR) is 70.5 cm³/mol. The van der Waals surface area contributed by atoms with E-state index in [9.17, 15) is 8.42 Å². The molecule has 0 bridgehead atoms. The Morgan fingerprint density at radius 2 is 2.13 bits per heavy atom. The van der Waals surface area contributed by atoms with Gasteiger partial charge in [0.15, 0.2) is 0 Å². The highest BCUT2D eigenvalue weighted by molar-refractivity contribution is 14.1. The predicted octanol–water partition coefficient (Wildman–Crippen LogP) is 1.25. The third-order valence-electron chi connectivity index (χ3n) is 1.72. The third-order valence-corrected chi connectivity index (χ3v) is 3.68. The van der Waals surface area contributed by atoms with Gasteiger partial charge in [-0.2, -0.15) is 0 Å². The molecule has 0 saturated heterocycles. The number of anilines is 1. The molecule has 2 N–H and O–H groups in total. The van der Waals surface area contributed by atoms with Crippen LogP contribution < -0.4 is 10.0 Å². The van der Waals surface area contributed by atoms with Gasteiger partial charge in [0.2, 0.25) is 10.0 Å². The molecule has 0 aliphatic carbocycles. The van der Waals surface area contributed by atoms with Crippen molar-refractivity contribution in [2.75, 3.05) is 24.1 Å². The maximum atomic E-state index is 11.5. The molecule has 0 aliphatic heterocycles. The van der Waals surface area contributed by atoms with Gasteiger partial charge in [-0.05, 0) is 47.8 Å². The van der Waals surface area contributed by atoms with Gasteiger partial charge in [0, 0.05) is 15.8 Å². The summed E-state index contributed by atoms with van der Waals surface area (Å²) in [5.41, 5.74) is 0.609. The van der Waals surface area contributed by atoms with E-state index < -0.39 is 10.0 Å². The van der Waals surface area contributed by atoms with Gasteiger partial charge < -0.3 is 5.32 Å². The molecule has 0 radical (unpaired) electrons. The van der Waals surface area contributed by atoms with E-state index in [1.165, 1.54) is 0 Å². The number of hydrogen-bond acceptors (Lipinski definition) is 3. The van der Waals surface area contributed by atoms with E-state index >= 15 is 0 Å². The lowest BCUT2D eigenvalue weighted by Crippen LogP contribution is -2.24. The van der Waals surface area contributed by atoms with Gasteiger partial charge in [0.1, 0.15) is 0 Å². The zero-order valence-corrected chi connectivity index (χ0v) is 11.3. The normalized spacial score (nSPS) is 11.3. The number of hydrogen-bond donors (Lipinski definition) is 2. The molecule has 1 aromatic carbocycles. The summed E-state index contributed by atoms with van der Waals surface area (Å²) in [6, 6.07) is 7.25. The van der Waals surface area contributed by atoms with Gasteiger partial charge in [0.25, 0.3) is 0 Å². The zero-order valence-electron chi connectivity index (χ0n) is 8.33. The summed E-state index contributed by atoms with van der Waals surface area (Å²) in [6.07, 6.45) is 0. The first-order valence-corrected chi connectivity index (χ1v) is 7.17. The SMILES string of the molecule is CNCCS(=O)(=O)Nc1cccc(I)c1. The van der Waals surface area contributed by atoms with Crippen LogP contribution in [-0.2, 0) is 10.0 Å². The molecule has 15 heavy (non-hydrogen) atoms. The fourth-order valence-corrected chi connectivity index (χ4v) is 2.62. The van der Waals surface area contributed by atoms with Crippen LogP contribution in [0.5, 0.6) is 0 Å². The van der Waals surface area contributed by atoms with Crippen molar-refractivity contribution >= 4 is 38.3 Å². The summed E-state index contributed by atoms with van der Waals surface area (Å²) in [5, 5.41) is 2.80. The monoisotopic (exact) mass is 340 g/mol. The number of sulfonamides is 1. The second kappa shape index (κ2) is 5.66. The van der Waals surface area contributed by atoms with Crippen LogP contribution in [0.15, 0.2) is 24.3 Å². The highest BCUT2D eigenvalue weighted by Gasteiger charge is 2.08. The minimum atomic E-state index is -3.23. The molecule has 0 fully saturated rings. The van der Waals surface area contributed by atoms with E-state index in [1.807, 2.05) is 12.1 Å². The van der Waals surface area contributed by atoms with Crippen molar-refractivity contribution in [1.29, 1.82) is 0 Å². The molecule has 0 spiro atoms. The molecule has 0 saturated carbocycles. The van der Waals surface area contributed by atoms with Gasteiger partial charge in [-0.3, -0.25) is 4.72 Å². The number of nitrogens with one attached hydrogen (secondary N) is 2. The average Bonchev–Trinajstić information content (AvgIpc) is 2.14. The number of rotatable bonds is 5. The second-order valence-corrected chi connectivity index (χ2v) is 6.12. The molecule has 84 valence electrons. The lowest BCUT2D eigenvalue weighted by atomic mass is 10.3. The van der Waals surface area contributed by atoms with Crippen molar-refractivity contribution in [1.82, 2.24) is 5.32 Å². The smallest absolute Gasteiger partial charge is 0.233 e. The molecule has 6 heteroatoms. The van der Waals surface area contributed by atoms with Crippen LogP contribution in [0.2, 0.25) is 0 Å². The van der Waals surface area contributed by atoms with Crippen molar-refractivity contribution in [3.05, 3.63) is 27.8 Å². The molecular weight excluding hydrogens is 327 g/mol. The van der Waals surface area contributed by atoms with Crippen LogP contribution in [0.1, 0.15) is 0 Å². The first kappa shape index (κ1) is 12.7. The fraction of sp³-hybridized carbons (Fsp3) is 0.333. The largest absolute Gasteiger partial charge is 0.319 e. The number of halogens is 1. The van der Waals surface area contributed by atoms with E-state index in [0.717, 1.165) is 3.57 Å². The van der Waals surface area contributed by atoms with Crippen LogP contribution in [0, 0.1) is 3.57 Å². The Hall–Kier alpha value is -0.340. The van der Waals surface area contributed by atoms with E-state index in [4.69, 9.17) is 0 Å². The Labute approximate surface area is 104 Å². The van der Waals surface area contributed by atoms with Crippen LogP contribution in [0.25, 0.3) is 0 Å². The molecule has 0 unspecified atom stereocenters. The highest BCUT2D eigenvalue weighted by Crippen LogP contribution is 2.13. The van der Waals surface area contributed by atoms with Gasteiger partial charge >= 0.3 is 0 Å². The van der Waals surface area contributed by atoms with Crippen LogP contribution in [0.3, 0.4) is 0 Å². The lowest BCUT2D eigenvalue weighted by Gasteiger charge is -2.07. The van der Waals surface area contributed by atoms with E-state index in [-0.39, 0.29) is 5.75 Å². The minimum absolute atomic E-state index is 0.0783. The van der Waals surface area contributed by atoms with Crippen LogP contribution in [-0.4, -0.2) is 27.8 Å². The summed E-state index contributed by atoms with van der Waals surface area (Å²) >= 11 is 2.14. The topological polar surface area (TPSA) is 58.2 Å². The Balaban J connectivity index is 2.69. The molecule has 1 rings (SSSR count). The van der Waals surface area contributed by atoms with E-state index in [0.29, 0.717) is 12.2 Å². The molecule has 1 aromatic rings. The fourth-order valence-electron chi connectivity index (χ4n) is 1.02. The van der Waals surface area contributed by atoms with Crippen molar-refractivity contribution in [3.8, 4) is 0 Å². The first-order chi connectivity index (χ1) is 7.03. The van der Waals surface area contributed by atoms with Crippen molar-refractivity contribution in [2.24, 2.45) is 0 Å². The van der Waals surface area contributed by atoms with Crippen LogP contribution >= 0.6 is 22.6 Å². The van der Waals surface area contributed by atoms with Crippen LogP contribution in [0.4, 0.5) is 5.69 Å². The molecule has 0 aliphatic rings. The standard InChI is InChI=1S/C9H13IN2O2S/c1-11-5-6-15(13,14)12-9-4-2-3-8(10)7-9/h2-4,7,11-12H,5-6H2,1H3. The molecule has 0 amide bonds. The van der Waals surface area contributed by atoms with Gasteiger partial charge in [-0.25, -0.2) is 8.42 Å². The molecular formula is C9H13IN2O2S. The second-order valence-electron chi connectivity index (χ2n) is 3.03. The Morgan fingerprint density at radius 3 is 2.73 bits per heavy atom. The Bertz CT molecular complexity index is 420. The summed E-state index contributed by atoms with van der Waals surface area (Å²) < 4.78 is 26.6. The average molecular weight is 340 g/mol. The van der Waals surface area contributed by atoms with E-state index in [2.05, 4.69) is 32.6 Å². The summed E-state index contributed by atoms with van der Waals surface area (Å²) in [6.45, 7) is 0.444. The van der Waals surface area contributed by atoms with Crippen molar-refractivity contribution in [3.63, 3.8) is 0 Å².